The molecular weight excluding hydrogens is 234 g/mol. The van der Waals surface area contributed by atoms with Gasteiger partial charge in [0.1, 0.15) is 5.82 Å². The van der Waals surface area contributed by atoms with Crippen LogP contribution in [0.1, 0.15) is 24.8 Å². The standard InChI is InChI=1S/C12H11Cl2F/c13-7-11-4-12(5-11,6-11)8-1-2-9(14)10(15)3-8/h1-3H,4-7H2. The highest BCUT2D eigenvalue weighted by Gasteiger charge is 2.67. The zero-order chi connectivity index (χ0) is 10.7. The van der Waals surface area contributed by atoms with Crippen LogP contribution < -0.4 is 0 Å². The minimum absolute atomic E-state index is 0.206. The van der Waals surface area contributed by atoms with Crippen molar-refractivity contribution >= 4 is 23.2 Å². The summed E-state index contributed by atoms with van der Waals surface area (Å²) in [6, 6.07) is 5.18. The molecule has 1 aromatic carbocycles. The van der Waals surface area contributed by atoms with E-state index in [4.69, 9.17) is 23.2 Å². The minimum atomic E-state index is -0.307. The fourth-order valence-corrected chi connectivity index (χ4v) is 3.67. The topological polar surface area (TPSA) is 0 Å². The zero-order valence-electron chi connectivity index (χ0n) is 8.19. The van der Waals surface area contributed by atoms with Crippen LogP contribution in [0, 0.1) is 11.2 Å². The van der Waals surface area contributed by atoms with E-state index in [-0.39, 0.29) is 16.3 Å². The Morgan fingerprint density at radius 3 is 2.47 bits per heavy atom. The predicted molar refractivity (Wildman–Crippen MR) is 60.1 cm³/mol. The van der Waals surface area contributed by atoms with Gasteiger partial charge in [0.25, 0.3) is 0 Å². The highest BCUT2D eigenvalue weighted by Crippen LogP contribution is 2.73. The summed E-state index contributed by atoms with van der Waals surface area (Å²) < 4.78 is 13.3. The maximum Gasteiger partial charge on any atom is 0.142 e. The molecule has 0 atom stereocenters. The molecule has 3 saturated carbocycles. The van der Waals surface area contributed by atoms with E-state index in [9.17, 15) is 4.39 Å². The molecule has 0 radical (unpaired) electrons. The van der Waals surface area contributed by atoms with Crippen molar-refractivity contribution in [1.82, 2.24) is 0 Å². The zero-order valence-corrected chi connectivity index (χ0v) is 9.71. The normalized spacial score (nSPS) is 37.0. The van der Waals surface area contributed by atoms with Gasteiger partial charge in [-0.25, -0.2) is 4.39 Å². The van der Waals surface area contributed by atoms with Crippen LogP contribution in [0.4, 0.5) is 4.39 Å². The van der Waals surface area contributed by atoms with Gasteiger partial charge < -0.3 is 0 Å². The van der Waals surface area contributed by atoms with Crippen LogP contribution in [-0.2, 0) is 5.41 Å². The van der Waals surface area contributed by atoms with E-state index >= 15 is 0 Å². The lowest BCUT2D eigenvalue weighted by atomic mass is 9.34. The molecule has 0 amide bonds. The molecule has 3 aliphatic rings. The van der Waals surface area contributed by atoms with Crippen molar-refractivity contribution in [1.29, 1.82) is 0 Å². The van der Waals surface area contributed by atoms with E-state index in [2.05, 4.69) is 0 Å². The van der Waals surface area contributed by atoms with Gasteiger partial charge in [0.05, 0.1) is 5.02 Å². The lowest BCUT2D eigenvalue weighted by molar-refractivity contribution is -0.122. The quantitative estimate of drug-likeness (QED) is 0.687. The van der Waals surface area contributed by atoms with E-state index in [1.807, 2.05) is 6.07 Å². The molecule has 0 spiro atoms. The predicted octanol–water partition coefficient (Wildman–Crippen LogP) is 4.14. The SMILES string of the molecule is Fc1cc(C23CC(CCl)(C2)C3)ccc1Cl. The third-order valence-corrected chi connectivity index (χ3v) is 4.83. The van der Waals surface area contributed by atoms with Crippen LogP contribution in [0.2, 0.25) is 5.02 Å². The third-order valence-electron chi connectivity index (χ3n) is 3.96. The van der Waals surface area contributed by atoms with Crippen molar-refractivity contribution in [3.63, 3.8) is 0 Å². The Balaban J connectivity index is 1.88. The Morgan fingerprint density at radius 2 is 1.93 bits per heavy atom. The Morgan fingerprint density at radius 1 is 1.27 bits per heavy atom. The lowest BCUT2D eigenvalue weighted by Crippen LogP contribution is -2.65. The molecule has 0 aromatic heterocycles. The molecule has 3 aliphatic carbocycles. The van der Waals surface area contributed by atoms with E-state index in [0.29, 0.717) is 5.41 Å². The highest BCUT2D eigenvalue weighted by molar-refractivity contribution is 6.30. The van der Waals surface area contributed by atoms with Crippen molar-refractivity contribution in [2.24, 2.45) is 5.41 Å². The largest absolute Gasteiger partial charge is 0.205 e. The van der Waals surface area contributed by atoms with Crippen molar-refractivity contribution in [2.75, 3.05) is 5.88 Å². The van der Waals surface area contributed by atoms with Crippen molar-refractivity contribution in [3.8, 4) is 0 Å². The maximum absolute atomic E-state index is 13.3. The van der Waals surface area contributed by atoms with Gasteiger partial charge in [0, 0.05) is 5.88 Å². The molecule has 3 heteroatoms. The van der Waals surface area contributed by atoms with Crippen molar-refractivity contribution < 1.29 is 4.39 Å². The summed E-state index contributed by atoms with van der Waals surface area (Å²) >= 11 is 11.6. The molecule has 0 heterocycles. The summed E-state index contributed by atoms with van der Waals surface area (Å²) in [6.07, 6.45) is 3.35. The van der Waals surface area contributed by atoms with Crippen LogP contribution in [0.15, 0.2) is 18.2 Å². The summed E-state index contributed by atoms with van der Waals surface area (Å²) in [5.41, 5.74) is 1.69. The Bertz CT molecular complexity index is 408. The smallest absolute Gasteiger partial charge is 0.142 e. The molecule has 80 valence electrons. The second-order valence-electron chi connectivity index (χ2n) is 5.07. The number of benzene rings is 1. The van der Waals surface area contributed by atoms with E-state index in [1.165, 1.54) is 0 Å². The number of alkyl halides is 1. The average Bonchev–Trinajstić information content (AvgIpc) is 2.07. The van der Waals surface area contributed by atoms with Gasteiger partial charge in [-0.2, -0.15) is 0 Å². The average molecular weight is 245 g/mol. The summed E-state index contributed by atoms with van der Waals surface area (Å²) in [4.78, 5) is 0. The molecule has 0 aliphatic heterocycles. The molecule has 3 fully saturated rings. The summed E-state index contributed by atoms with van der Waals surface area (Å²) in [7, 11) is 0. The van der Waals surface area contributed by atoms with Crippen LogP contribution in [0.5, 0.6) is 0 Å². The van der Waals surface area contributed by atoms with Gasteiger partial charge in [0.2, 0.25) is 0 Å². The van der Waals surface area contributed by atoms with Gasteiger partial charge in [-0.3, -0.25) is 0 Å². The van der Waals surface area contributed by atoms with Gasteiger partial charge >= 0.3 is 0 Å². The van der Waals surface area contributed by atoms with Crippen LogP contribution >= 0.6 is 23.2 Å². The van der Waals surface area contributed by atoms with Crippen molar-refractivity contribution in [3.05, 3.63) is 34.6 Å². The van der Waals surface area contributed by atoms with E-state index < -0.39 is 0 Å². The maximum atomic E-state index is 13.3. The summed E-state index contributed by atoms with van der Waals surface area (Å²) in [6.45, 7) is 0. The molecule has 1 aromatic rings. The second kappa shape index (κ2) is 2.89. The van der Waals surface area contributed by atoms with Gasteiger partial charge in [-0.1, -0.05) is 17.7 Å². The van der Waals surface area contributed by atoms with Crippen LogP contribution in [-0.4, -0.2) is 5.88 Å². The second-order valence-corrected chi connectivity index (χ2v) is 5.75. The molecular formula is C12H11Cl2F. The van der Waals surface area contributed by atoms with Gasteiger partial charge in [-0.05, 0) is 47.8 Å². The van der Waals surface area contributed by atoms with Crippen LogP contribution in [0.25, 0.3) is 0 Å². The molecule has 0 saturated heterocycles. The van der Waals surface area contributed by atoms with Crippen LogP contribution in [0.3, 0.4) is 0 Å². The summed E-state index contributed by atoms with van der Waals surface area (Å²) in [5, 5.41) is 0.206. The molecule has 4 rings (SSSR count). The van der Waals surface area contributed by atoms with E-state index in [0.717, 1.165) is 30.7 Å². The minimum Gasteiger partial charge on any atom is -0.205 e. The van der Waals surface area contributed by atoms with Crippen molar-refractivity contribution in [2.45, 2.75) is 24.7 Å². The number of hydrogen-bond acceptors (Lipinski definition) is 0. The molecule has 0 unspecified atom stereocenters. The number of hydrogen-bond donors (Lipinski definition) is 0. The highest BCUT2D eigenvalue weighted by atomic mass is 35.5. The molecule has 15 heavy (non-hydrogen) atoms. The molecule has 0 N–H and O–H groups in total. The molecule has 2 bridgehead atoms. The van der Waals surface area contributed by atoms with E-state index in [1.54, 1.807) is 12.1 Å². The number of rotatable bonds is 2. The lowest BCUT2D eigenvalue weighted by Gasteiger charge is -2.71. The molecule has 0 nitrogen and oxygen atoms in total. The van der Waals surface area contributed by atoms with Gasteiger partial charge in [0.15, 0.2) is 0 Å². The first-order valence-electron chi connectivity index (χ1n) is 5.11. The Hall–Kier alpha value is -0.270. The first-order chi connectivity index (χ1) is 7.09. The third kappa shape index (κ3) is 1.20. The number of halogens is 3. The monoisotopic (exact) mass is 244 g/mol. The first-order valence-corrected chi connectivity index (χ1v) is 6.02. The summed E-state index contributed by atoms with van der Waals surface area (Å²) in [5.74, 6) is 0.434. The Labute approximate surface area is 98.4 Å². The van der Waals surface area contributed by atoms with Gasteiger partial charge in [-0.15, -0.1) is 11.6 Å². The fraction of sp³-hybridized carbons (Fsp3) is 0.500. The Kier molecular flexibility index (Phi) is 1.91. The fourth-order valence-electron chi connectivity index (χ4n) is 3.27. The first kappa shape index (κ1) is 9.92.